The molecule has 1 N–H and O–H groups in total. The molecule has 2 unspecified atom stereocenters. The fourth-order valence-corrected chi connectivity index (χ4v) is 3.06. The molecule has 7 heteroatoms. The highest BCUT2D eigenvalue weighted by Crippen LogP contribution is 2.31. The summed E-state index contributed by atoms with van der Waals surface area (Å²) in [5.74, 6) is -0.542. The minimum Gasteiger partial charge on any atom is -0.467 e. The summed E-state index contributed by atoms with van der Waals surface area (Å²) in [6.45, 7) is 15.1. The second kappa shape index (κ2) is 10.6. The van der Waals surface area contributed by atoms with E-state index >= 15 is 0 Å². The molecular formula is C23H34N2O4S. The molecular weight excluding hydrogens is 400 g/mol. The smallest absolute Gasteiger partial charge is 0.408 e. The van der Waals surface area contributed by atoms with Gasteiger partial charge in [0.2, 0.25) is 0 Å². The summed E-state index contributed by atoms with van der Waals surface area (Å²) >= 11 is 4.68. The molecule has 2 aromatic rings. The van der Waals surface area contributed by atoms with Crippen molar-refractivity contribution in [3.05, 3.63) is 48.7 Å². The van der Waals surface area contributed by atoms with Gasteiger partial charge >= 0.3 is 12.1 Å². The number of methoxy groups -OCH3 is 1. The second-order valence-electron chi connectivity index (χ2n) is 7.77. The number of hydrogen-bond donors (Lipinski definition) is 2. The van der Waals surface area contributed by atoms with Crippen LogP contribution in [-0.4, -0.2) is 35.4 Å². The molecule has 0 fully saturated rings. The molecule has 6 nitrogen and oxygen atoms in total. The molecule has 0 bridgehead atoms. The van der Waals surface area contributed by atoms with E-state index in [4.69, 9.17) is 9.47 Å². The van der Waals surface area contributed by atoms with Gasteiger partial charge in [-0.15, -0.1) is 12.6 Å². The molecule has 0 spiro atoms. The van der Waals surface area contributed by atoms with E-state index in [2.05, 4.69) is 24.5 Å². The standard InChI is InChI=1S/C21H28N2O4S.C2H6/c1-7-21(5,28)23-13-14(15-10-8-9-11-17(15)23)12-16(18(24)26-6)22-19(25)27-20(2,3)4;1-2/h7-11,13,16,28H,1,12H2,2-6H3,(H,22,25);1-2H3. The minimum atomic E-state index is -0.881. The van der Waals surface area contributed by atoms with Crippen LogP contribution < -0.4 is 5.32 Å². The van der Waals surface area contributed by atoms with E-state index in [1.807, 2.05) is 55.8 Å². The van der Waals surface area contributed by atoms with Crippen LogP contribution in [0, 0.1) is 0 Å². The Morgan fingerprint density at radius 2 is 1.83 bits per heavy atom. The first-order valence-electron chi connectivity index (χ1n) is 10.0. The van der Waals surface area contributed by atoms with Crippen molar-refractivity contribution in [3.8, 4) is 0 Å². The number of alkyl carbamates (subject to hydrolysis) is 1. The number of rotatable bonds is 6. The van der Waals surface area contributed by atoms with Crippen molar-refractivity contribution in [1.29, 1.82) is 0 Å². The van der Waals surface area contributed by atoms with E-state index in [-0.39, 0.29) is 6.42 Å². The van der Waals surface area contributed by atoms with Gasteiger partial charge < -0.3 is 19.4 Å². The predicted octanol–water partition coefficient (Wildman–Crippen LogP) is 5.06. The number of carbonyl (C=O) groups excluding carboxylic acids is 2. The lowest BCUT2D eigenvalue weighted by Crippen LogP contribution is -2.45. The highest BCUT2D eigenvalue weighted by atomic mass is 32.1. The summed E-state index contributed by atoms with van der Waals surface area (Å²) in [6.07, 6.45) is 3.24. The Kier molecular flexibility index (Phi) is 9.03. The third kappa shape index (κ3) is 6.55. The molecule has 0 radical (unpaired) electrons. The van der Waals surface area contributed by atoms with Crippen molar-refractivity contribution in [3.63, 3.8) is 0 Å². The fraction of sp³-hybridized carbons (Fsp3) is 0.478. The number of fused-ring (bicyclic) bond motifs is 1. The first-order chi connectivity index (χ1) is 14.0. The number of thiol groups is 1. The molecule has 166 valence electrons. The highest BCUT2D eigenvalue weighted by Gasteiger charge is 2.28. The number of benzene rings is 1. The maximum atomic E-state index is 12.3. The van der Waals surface area contributed by atoms with Crippen LogP contribution >= 0.6 is 12.6 Å². The number of amides is 1. The molecule has 1 heterocycles. The lowest BCUT2D eigenvalue weighted by molar-refractivity contribution is -0.143. The Bertz CT molecular complexity index is 881. The van der Waals surface area contributed by atoms with E-state index in [9.17, 15) is 9.59 Å². The van der Waals surface area contributed by atoms with E-state index in [0.717, 1.165) is 16.5 Å². The summed E-state index contributed by atoms with van der Waals surface area (Å²) in [6, 6.07) is 6.93. The number of aromatic nitrogens is 1. The quantitative estimate of drug-likeness (QED) is 0.379. The molecule has 0 aliphatic carbocycles. The number of nitrogens with one attached hydrogen (secondary N) is 1. The molecule has 2 rings (SSSR count). The Hall–Kier alpha value is -2.41. The van der Waals surface area contributed by atoms with Crippen LogP contribution in [0.2, 0.25) is 0 Å². The average Bonchev–Trinajstić information content (AvgIpc) is 3.06. The Morgan fingerprint density at radius 3 is 2.37 bits per heavy atom. The first-order valence-corrected chi connectivity index (χ1v) is 10.5. The maximum Gasteiger partial charge on any atom is 0.408 e. The zero-order valence-corrected chi connectivity index (χ0v) is 19.9. The number of ether oxygens (including phenoxy) is 2. The van der Waals surface area contributed by atoms with Crippen LogP contribution in [0.3, 0.4) is 0 Å². The lowest BCUT2D eigenvalue weighted by atomic mass is 10.1. The van der Waals surface area contributed by atoms with Gasteiger partial charge in [-0.05, 0) is 39.3 Å². The van der Waals surface area contributed by atoms with Gasteiger partial charge in [-0.25, -0.2) is 9.59 Å². The topological polar surface area (TPSA) is 69.6 Å². The molecule has 0 saturated heterocycles. The maximum absolute atomic E-state index is 12.3. The van der Waals surface area contributed by atoms with Crippen molar-refractivity contribution in [2.75, 3.05) is 7.11 Å². The van der Waals surface area contributed by atoms with Crippen LogP contribution in [0.1, 0.15) is 47.1 Å². The fourth-order valence-electron chi connectivity index (χ4n) is 2.89. The molecule has 1 aromatic carbocycles. The molecule has 0 aliphatic rings. The number of para-hydroxylation sites is 1. The number of hydrogen-bond acceptors (Lipinski definition) is 5. The van der Waals surface area contributed by atoms with Gasteiger partial charge in [-0.1, -0.05) is 44.7 Å². The van der Waals surface area contributed by atoms with E-state index < -0.39 is 28.6 Å². The molecule has 1 aromatic heterocycles. The van der Waals surface area contributed by atoms with Crippen molar-refractivity contribution in [2.45, 2.75) is 64.5 Å². The van der Waals surface area contributed by atoms with Crippen molar-refractivity contribution < 1.29 is 19.1 Å². The monoisotopic (exact) mass is 434 g/mol. The van der Waals surface area contributed by atoms with Crippen LogP contribution in [0.5, 0.6) is 0 Å². The lowest BCUT2D eigenvalue weighted by Gasteiger charge is -2.23. The molecule has 0 aliphatic heterocycles. The number of esters is 1. The van der Waals surface area contributed by atoms with Gasteiger partial charge in [0, 0.05) is 23.5 Å². The summed E-state index contributed by atoms with van der Waals surface area (Å²) < 4.78 is 12.1. The van der Waals surface area contributed by atoms with E-state index in [1.165, 1.54) is 7.11 Å². The summed E-state index contributed by atoms with van der Waals surface area (Å²) in [5.41, 5.74) is 1.17. The third-order valence-corrected chi connectivity index (χ3v) is 4.67. The van der Waals surface area contributed by atoms with E-state index in [1.54, 1.807) is 26.8 Å². The zero-order valence-electron chi connectivity index (χ0n) is 19.0. The summed E-state index contributed by atoms with van der Waals surface area (Å²) in [7, 11) is 1.29. The second-order valence-corrected chi connectivity index (χ2v) is 8.67. The van der Waals surface area contributed by atoms with Crippen LogP contribution in [0.25, 0.3) is 10.9 Å². The highest BCUT2D eigenvalue weighted by molar-refractivity contribution is 7.81. The minimum absolute atomic E-state index is 0.250. The first kappa shape index (κ1) is 25.6. The van der Waals surface area contributed by atoms with Gasteiger partial charge in [-0.3, -0.25) is 0 Å². The van der Waals surface area contributed by atoms with Gasteiger partial charge in [0.25, 0.3) is 0 Å². The molecule has 30 heavy (non-hydrogen) atoms. The van der Waals surface area contributed by atoms with Crippen molar-refractivity contribution in [2.24, 2.45) is 0 Å². The van der Waals surface area contributed by atoms with Crippen molar-refractivity contribution in [1.82, 2.24) is 9.88 Å². The average molecular weight is 435 g/mol. The van der Waals surface area contributed by atoms with Gasteiger partial charge in [-0.2, -0.15) is 0 Å². The van der Waals surface area contributed by atoms with E-state index in [0.29, 0.717) is 0 Å². The Morgan fingerprint density at radius 1 is 1.23 bits per heavy atom. The summed E-state index contributed by atoms with van der Waals surface area (Å²) in [5, 5.41) is 3.58. The van der Waals surface area contributed by atoms with Gasteiger partial charge in [0.05, 0.1) is 7.11 Å². The zero-order chi connectivity index (χ0) is 23.1. The summed E-state index contributed by atoms with van der Waals surface area (Å²) in [4.78, 5) is 23.9. The molecule has 2 atom stereocenters. The SMILES string of the molecule is C=CC(C)(S)n1cc(CC(NC(=O)OC(C)(C)C)C(=O)OC)c2ccccc21.CC. The van der Waals surface area contributed by atoms with Gasteiger partial charge in [0.15, 0.2) is 0 Å². The normalized spacial score (nSPS) is 14.0. The van der Waals surface area contributed by atoms with Crippen molar-refractivity contribution >= 4 is 35.6 Å². The Balaban J connectivity index is 0.00000218. The van der Waals surface area contributed by atoms with Crippen LogP contribution in [0.15, 0.2) is 43.1 Å². The molecule has 0 saturated carbocycles. The van der Waals surface area contributed by atoms with Gasteiger partial charge in [0.1, 0.15) is 16.5 Å². The van der Waals surface area contributed by atoms with Crippen LogP contribution in [-0.2, 0) is 25.6 Å². The number of nitrogens with zero attached hydrogens (tertiary/aromatic N) is 1. The largest absolute Gasteiger partial charge is 0.467 e. The predicted molar refractivity (Wildman–Crippen MR) is 125 cm³/mol. The third-order valence-electron chi connectivity index (χ3n) is 4.27. The number of carbonyl (C=O) groups is 2. The molecule has 1 amide bonds. The van der Waals surface area contributed by atoms with Crippen LogP contribution in [0.4, 0.5) is 4.79 Å². The Labute approximate surface area is 185 Å².